The standard InChI is InChI=1S/C9H11Cl2N3O2.2ClH/c10-7-1-5(2-8(11)14-7)4-16-9(15)6(13)3-12;;/h1-2,6H,3-4,12-13H2;2*1H/t6-;;/m0../s1. The van der Waals surface area contributed by atoms with Gasteiger partial charge in [-0.05, 0) is 17.7 Å². The molecule has 18 heavy (non-hydrogen) atoms. The van der Waals surface area contributed by atoms with E-state index in [1.165, 1.54) is 0 Å². The lowest BCUT2D eigenvalue weighted by Gasteiger charge is -2.09. The van der Waals surface area contributed by atoms with E-state index in [9.17, 15) is 4.79 Å². The molecule has 5 nitrogen and oxygen atoms in total. The molecule has 4 N–H and O–H groups in total. The van der Waals surface area contributed by atoms with Gasteiger partial charge in [0, 0.05) is 6.54 Å². The number of carbonyl (C=O) groups excluding carboxylic acids is 1. The Morgan fingerprint density at radius 3 is 2.28 bits per heavy atom. The van der Waals surface area contributed by atoms with Crippen LogP contribution in [0.4, 0.5) is 0 Å². The fourth-order valence-corrected chi connectivity index (χ4v) is 1.46. The van der Waals surface area contributed by atoms with Crippen LogP contribution in [0.5, 0.6) is 0 Å². The number of ether oxygens (including phenoxy) is 1. The molecular weight excluding hydrogens is 324 g/mol. The SMILES string of the molecule is Cl.Cl.NC[C@H](N)C(=O)OCc1cc(Cl)nc(Cl)c1. The van der Waals surface area contributed by atoms with E-state index in [-0.39, 0.29) is 48.3 Å². The number of carbonyl (C=O) groups is 1. The Balaban J connectivity index is 0. The number of pyridine rings is 1. The quantitative estimate of drug-likeness (QED) is 0.643. The number of aromatic nitrogens is 1. The molecule has 1 rings (SSSR count). The van der Waals surface area contributed by atoms with Crippen molar-refractivity contribution in [2.24, 2.45) is 11.5 Å². The average Bonchev–Trinajstić information content (AvgIpc) is 2.23. The molecule has 0 aliphatic rings. The molecule has 9 heteroatoms. The molecule has 1 aromatic heterocycles. The molecule has 0 aromatic carbocycles. The first kappa shape index (κ1) is 20.0. The summed E-state index contributed by atoms with van der Waals surface area (Å²) >= 11 is 11.3. The Labute approximate surface area is 127 Å². The summed E-state index contributed by atoms with van der Waals surface area (Å²) in [6.07, 6.45) is 0. The highest BCUT2D eigenvalue weighted by Gasteiger charge is 2.13. The van der Waals surface area contributed by atoms with Crippen LogP contribution >= 0.6 is 48.0 Å². The van der Waals surface area contributed by atoms with Gasteiger partial charge in [0.05, 0.1) is 0 Å². The van der Waals surface area contributed by atoms with Crippen molar-refractivity contribution in [3.63, 3.8) is 0 Å². The third-order valence-electron chi connectivity index (χ3n) is 1.76. The zero-order chi connectivity index (χ0) is 12.1. The highest BCUT2D eigenvalue weighted by molar-refractivity contribution is 6.32. The van der Waals surface area contributed by atoms with Gasteiger partial charge in [0.15, 0.2) is 0 Å². The molecule has 0 unspecified atom stereocenters. The monoisotopic (exact) mass is 335 g/mol. The van der Waals surface area contributed by atoms with Crippen LogP contribution < -0.4 is 11.5 Å². The van der Waals surface area contributed by atoms with Crippen molar-refractivity contribution in [1.29, 1.82) is 0 Å². The van der Waals surface area contributed by atoms with E-state index in [1.54, 1.807) is 12.1 Å². The first-order chi connectivity index (χ1) is 7.52. The molecular formula is C9H13Cl4N3O2. The lowest BCUT2D eigenvalue weighted by Crippen LogP contribution is -2.38. The Morgan fingerprint density at radius 1 is 1.33 bits per heavy atom. The van der Waals surface area contributed by atoms with E-state index >= 15 is 0 Å². The minimum Gasteiger partial charge on any atom is -0.460 e. The number of rotatable bonds is 4. The van der Waals surface area contributed by atoms with Crippen LogP contribution in [0.2, 0.25) is 10.3 Å². The summed E-state index contributed by atoms with van der Waals surface area (Å²) in [7, 11) is 0. The molecule has 0 aliphatic heterocycles. The summed E-state index contributed by atoms with van der Waals surface area (Å²) in [4.78, 5) is 15.0. The fourth-order valence-electron chi connectivity index (χ4n) is 0.955. The van der Waals surface area contributed by atoms with Crippen molar-refractivity contribution in [1.82, 2.24) is 4.98 Å². The van der Waals surface area contributed by atoms with E-state index in [0.717, 1.165) is 0 Å². The van der Waals surface area contributed by atoms with Crippen LogP contribution in [0.1, 0.15) is 5.56 Å². The molecule has 1 atom stereocenters. The molecule has 0 saturated heterocycles. The third-order valence-corrected chi connectivity index (χ3v) is 2.15. The molecule has 0 amide bonds. The number of hydrogen-bond acceptors (Lipinski definition) is 5. The Morgan fingerprint density at radius 2 is 1.83 bits per heavy atom. The molecule has 1 aromatic rings. The number of nitrogens with two attached hydrogens (primary N) is 2. The summed E-state index contributed by atoms with van der Waals surface area (Å²) < 4.78 is 4.90. The Bertz CT molecular complexity index is 372. The van der Waals surface area contributed by atoms with Crippen molar-refractivity contribution in [2.75, 3.05) is 6.54 Å². The molecule has 1 heterocycles. The van der Waals surface area contributed by atoms with Gasteiger partial charge in [0.2, 0.25) is 0 Å². The van der Waals surface area contributed by atoms with Gasteiger partial charge in [-0.2, -0.15) is 0 Å². The van der Waals surface area contributed by atoms with Crippen LogP contribution in [-0.2, 0) is 16.1 Å². The fraction of sp³-hybridized carbons (Fsp3) is 0.333. The summed E-state index contributed by atoms with van der Waals surface area (Å²) in [5.74, 6) is -0.563. The maximum atomic E-state index is 11.2. The lowest BCUT2D eigenvalue weighted by molar-refractivity contribution is -0.146. The summed E-state index contributed by atoms with van der Waals surface area (Å²) in [5, 5.41) is 0.475. The number of nitrogens with zero attached hydrogens (tertiary/aromatic N) is 1. The van der Waals surface area contributed by atoms with Gasteiger partial charge in [-0.15, -0.1) is 24.8 Å². The van der Waals surface area contributed by atoms with E-state index in [0.29, 0.717) is 5.56 Å². The molecule has 0 saturated carbocycles. The Kier molecular flexibility index (Phi) is 10.7. The van der Waals surface area contributed by atoms with Crippen LogP contribution in [-0.4, -0.2) is 23.5 Å². The second-order valence-corrected chi connectivity index (χ2v) is 3.85. The summed E-state index contributed by atoms with van der Waals surface area (Å²) in [6, 6.07) is 2.29. The number of halogens is 4. The average molecular weight is 337 g/mol. The van der Waals surface area contributed by atoms with Crippen LogP contribution in [0.3, 0.4) is 0 Å². The predicted molar refractivity (Wildman–Crippen MR) is 75.6 cm³/mol. The van der Waals surface area contributed by atoms with Gasteiger partial charge in [-0.3, -0.25) is 4.79 Å². The molecule has 0 fully saturated rings. The van der Waals surface area contributed by atoms with Crippen molar-refractivity contribution in [2.45, 2.75) is 12.6 Å². The van der Waals surface area contributed by atoms with Gasteiger partial charge < -0.3 is 16.2 Å². The molecule has 0 radical (unpaired) electrons. The van der Waals surface area contributed by atoms with Crippen LogP contribution in [0.15, 0.2) is 12.1 Å². The van der Waals surface area contributed by atoms with Crippen molar-refractivity contribution < 1.29 is 9.53 Å². The van der Waals surface area contributed by atoms with Crippen molar-refractivity contribution in [3.05, 3.63) is 28.0 Å². The van der Waals surface area contributed by atoms with Gasteiger partial charge in [-0.1, -0.05) is 23.2 Å². The first-order valence-corrected chi connectivity index (χ1v) is 5.22. The van der Waals surface area contributed by atoms with Gasteiger partial charge >= 0.3 is 5.97 Å². The maximum absolute atomic E-state index is 11.2. The van der Waals surface area contributed by atoms with Gasteiger partial charge in [-0.25, -0.2) is 4.98 Å². The normalized spacial score (nSPS) is 10.9. The van der Waals surface area contributed by atoms with E-state index in [4.69, 9.17) is 39.4 Å². The second-order valence-electron chi connectivity index (χ2n) is 3.07. The second kappa shape index (κ2) is 9.61. The lowest BCUT2D eigenvalue weighted by atomic mass is 10.3. The number of esters is 1. The predicted octanol–water partition coefficient (Wildman–Crippen LogP) is 1.56. The largest absolute Gasteiger partial charge is 0.460 e. The highest BCUT2D eigenvalue weighted by Crippen LogP contribution is 2.15. The number of hydrogen-bond donors (Lipinski definition) is 2. The highest BCUT2D eigenvalue weighted by atomic mass is 35.5. The maximum Gasteiger partial charge on any atom is 0.324 e. The van der Waals surface area contributed by atoms with E-state index < -0.39 is 12.0 Å². The first-order valence-electron chi connectivity index (χ1n) is 4.47. The van der Waals surface area contributed by atoms with Gasteiger partial charge in [0.1, 0.15) is 23.0 Å². The third kappa shape index (κ3) is 6.58. The molecule has 0 aliphatic carbocycles. The minimum atomic E-state index is -0.812. The zero-order valence-corrected chi connectivity index (χ0v) is 12.3. The smallest absolute Gasteiger partial charge is 0.324 e. The van der Waals surface area contributed by atoms with E-state index in [1.807, 2.05) is 0 Å². The van der Waals surface area contributed by atoms with Crippen LogP contribution in [0.25, 0.3) is 0 Å². The molecule has 0 bridgehead atoms. The molecule has 104 valence electrons. The summed E-state index contributed by atoms with van der Waals surface area (Å²) in [6.45, 7) is 0.0746. The van der Waals surface area contributed by atoms with Crippen molar-refractivity contribution >= 4 is 54.0 Å². The van der Waals surface area contributed by atoms with Gasteiger partial charge in [0.25, 0.3) is 0 Å². The summed E-state index contributed by atoms with van der Waals surface area (Å²) in [5.41, 5.74) is 11.2. The topological polar surface area (TPSA) is 91.2 Å². The van der Waals surface area contributed by atoms with Crippen LogP contribution in [0, 0.1) is 0 Å². The Hall–Kier alpha value is -0.300. The molecule has 0 spiro atoms. The zero-order valence-electron chi connectivity index (χ0n) is 9.14. The van der Waals surface area contributed by atoms with Crippen molar-refractivity contribution in [3.8, 4) is 0 Å². The van der Waals surface area contributed by atoms with E-state index in [2.05, 4.69) is 4.98 Å². The minimum absolute atomic E-state index is 0.